The first-order valence-corrected chi connectivity index (χ1v) is 7.11. The molecule has 0 N–H and O–H groups in total. The molecule has 1 aromatic carbocycles. The average molecular weight is 329 g/mol. The van der Waals surface area contributed by atoms with Gasteiger partial charge in [-0.05, 0) is 25.0 Å². The third kappa shape index (κ3) is 3.94. The molecule has 0 aliphatic heterocycles. The molecule has 0 amide bonds. The molecule has 23 heavy (non-hydrogen) atoms. The monoisotopic (exact) mass is 329 g/mol. The van der Waals surface area contributed by atoms with Gasteiger partial charge in [-0.1, -0.05) is 12.8 Å². The van der Waals surface area contributed by atoms with Crippen LogP contribution in [0, 0.1) is 16.0 Å². The van der Waals surface area contributed by atoms with Crippen LogP contribution in [-0.4, -0.2) is 16.5 Å². The fourth-order valence-electron chi connectivity index (χ4n) is 2.74. The molecule has 1 aliphatic carbocycles. The van der Waals surface area contributed by atoms with Gasteiger partial charge in [0.05, 0.1) is 22.5 Å². The fourth-order valence-corrected chi connectivity index (χ4v) is 2.74. The van der Waals surface area contributed by atoms with E-state index in [4.69, 9.17) is 0 Å². The SMILES string of the molecule is O=C(CC(=O)C1CCCC1)c1ccc(C(F)(F)F)cc1[N+](=O)[O-]. The third-order valence-corrected chi connectivity index (χ3v) is 3.97. The highest BCUT2D eigenvalue weighted by molar-refractivity contribution is 6.10. The number of carbonyl (C=O) groups excluding carboxylic acids is 2. The number of carbonyl (C=O) groups is 2. The van der Waals surface area contributed by atoms with E-state index in [9.17, 15) is 32.9 Å². The summed E-state index contributed by atoms with van der Waals surface area (Å²) in [7, 11) is 0. The van der Waals surface area contributed by atoms with Crippen molar-refractivity contribution in [3.8, 4) is 0 Å². The van der Waals surface area contributed by atoms with Gasteiger partial charge in [0.25, 0.3) is 5.69 Å². The van der Waals surface area contributed by atoms with Crippen LogP contribution in [0.3, 0.4) is 0 Å². The summed E-state index contributed by atoms with van der Waals surface area (Å²) in [5, 5.41) is 10.9. The summed E-state index contributed by atoms with van der Waals surface area (Å²) < 4.78 is 37.9. The predicted molar refractivity (Wildman–Crippen MR) is 74.0 cm³/mol. The van der Waals surface area contributed by atoms with Gasteiger partial charge < -0.3 is 0 Å². The van der Waals surface area contributed by atoms with Crippen molar-refractivity contribution in [3.05, 3.63) is 39.4 Å². The van der Waals surface area contributed by atoms with Gasteiger partial charge >= 0.3 is 6.18 Å². The summed E-state index contributed by atoms with van der Waals surface area (Å²) in [4.78, 5) is 34.0. The topological polar surface area (TPSA) is 77.3 Å². The number of nitro benzene ring substituents is 1. The Hall–Kier alpha value is -2.25. The minimum absolute atomic E-state index is 0.229. The van der Waals surface area contributed by atoms with Crippen molar-refractivity contribution in [1.29, 1.82) is 0 Å². The third-order valence-electron chi connectivity index (χ3n) is 3.97. The van der Waals surface area contributed by atoms with E-state index in [1.54, 1.807) is 0 Å². The summed E-state index contributed by atoms with van der Waals surface area (Å²) in [6.07, 6.45) is -2.11. The summed E-state index contributed by atoms with van der Waals surface area (Å²) in [6.45, 7) is 0. The molecule has 0 saturated heterocycles. The molecule has 124 valence electrons. The van der Waals surface area contributed by atoms with Crippen LogP contribution >= 0.6 is 0 Å². The van der Waals surface area contributed by atoms with Crippen LogP contribution in [0.25, 0.3) is 0 Å². The molecular formula is C15H14F3NO4. The van der Waals surface area contributed by atoms with Gasteiger partial charge in [0, 0.05) is 12.0 Å². The number of hydrogen-bond acceptors (Lipinski definition) is 4. The first-order chi connectivity index (χ1) is 10.7. The second-order valence-electron chi connectivity index (χ2n) is 5.53. The maximum absolute atomic E-state index is 12.6. The lowest BCUT2D eigenvalue weighted by molar-refractivity contribution is -0.385. The van der Waals surface area contributed by atoms with Crippen molar-refractivity contribution in [1.82, 2.24) is 0 Å². The molecule has 0 heterocycles. The van der Waals surface area contributed by atoms with Gasteiger partial charge in [0.2, 0.25) is 0 Å². The zero-order chi connectivity index (χ0) is 17.2. The van der Waals surface area contributed by atoms with Crippen molar-refractivity contribution in [2.24, 2.45) is 5.92 Å². The molecule has 0 aromatic heterocycles. The minimum Gasteiger partial charge on any atom is -0.299 e. The smallest absolute Gasteiger partial charge is 0.299 e. The van der Waals surface area contributed by atoms with Gasteiger partial charge in [-0.2, -0.15) is 13.2 Å². The lowest BCUT2D eigenvalue weighted by Gasteiger charge is -2.09. The maximum Gasteiger partial charge on any atom is 0.416 e. The number of ketones is 2. The van der Waals surface area contributed by atoms with Crippen molar-refractivity contribution < 1.29 is 27.7 Å². The zero-order valence-electron chi connectivity index (χ0n) is 12.1. The van der Waals surface area contributed by atoms with Crippen molar-refractivity contribution >= 4 is 17.3 Å². The molecule has 8 heteroatoms. The van der Waals surface area contributed by atoms with Crippen LogP contribution < -0.4 is 0 Å². The fraction of sp³-hybridized carbons (Fsp3) is 0.467. The van der Waals surface area contributed by atoms with Gasteiger partial charge in [0.1, 0.15) is 5.78 Å². The lowest BCUT2D eigenvalue weighted by Crippen LogP contribution is -2.17. The van der Waals surface area contributed by atoms with E-state index in [0.29, 0.717) is 25.0 Å². The molecule has 1 aliphatic rings. The predicted octanol–water partition coefficient (Wildman–Crippen LogP) is 3.95. The van der Waals surface area contributed by atoms with Gasteiger partial charge in [0.15, 0.2) is 5.78 Å². The number of benzene rings is 1. The number of rotatable bonds is 5. The molecule has 0 atom stereocenters. The number of hydrogen-bond donors (Lipinski definition) is 0. The van der Waals surface area contributed by atoms with Crippen molar-refractivity contribution in [2.45, 2.75) is 38.3 Å². The highest BCUT2D eigenvalue weighted by Crippen LogP contribution is 2.34. The molecule has 0 radical (unpaired) electrons. The Morgan fingerprint density at radius 1 is 1.22 bits per heavy atom. The van der Waals surface area contributed by atoms with Crippen LogP contribution in [0.15, 0.2) is 18.2 Å². The quantitative estimate of drug-likeness (QED) is 0.355. The Bertz CT molecular complexity index is 649. The molecule has 1 saturated carbocycles. The first-order valence-electron chi connectivity index (χ1n) is 7.11. The largest absolute Gasteiger partial charge is 0.416 e. The maximum atomic E-state index is 12.6. The summed E-state index contributed by atoms with van der Waals surface area (Å²) in [6, 6.07) is 1.71. The number of nitrogens with zero attached hydrogens (tertiary/aromatic N) is 1. The first kappa shape index (κ1) is 17.1. The van der Waals surface area contributed by atoms with Gasteiger partial charge in [-0.15, -0.1) is 0 Å². The standard InChI is InChI=1S/C15H14F3NO4/c16-15(17,18)10-5-6-11(12(7-10)19(22)23)14(21)8-13(20)9-3-1-2-4-9/h5-7,9H,1-4,8H2. The molecule has 0 bridgehead atoms. The number of Topliss-reactive ketones (excluding diaryl/α,β-unsaturated/α-hetero) is 2. The highest BCUT2D eigenvalue weighted by atomic mass is 19.4. The van der Waals surface area contributed by atoms with Crippen molar-refractivity contribution in [3.63, 3.8) is 0 Å². The van der Waals surface area contributed by atoms with E-state index in [0.717, 1.165) is 18.9 Å². The van der Waals surface area contributed by atoms with E-state index < -0.39 is 40.1 Å². The molecular weight excluding hydrogens is 315 g/mol. The van der Waals surface area contributed by atoms with Crippen LogP contribution in [0.1, 0.15) is 48.0 Å². The summed E-state index contributed by atoms with van der Waals surface area (Å²) >= 11 is 0. The van der Waals surface area contributed by atoms with Gasteiger partial charge in [-0.25, -0.2) is 0 Å². The number of alkyl halides is 3. The van der Waals surface area contributed by atoms with E-state index in [-0.39, 0.29) is 11.7 Å². The zero-order valence-corrected chi connectivity index (χ0v) is 12.1. The van der Waals surface area contributed by atoms with Gasteiger partial charge in [-0.3, -0.25) is 19.7 Å². The van der Waals surface area contributed by atoms with Crippen LogP contribution in [0.5, 0.6) is 0 Å². The second-order valence-corrected chi connectivity index (χ2v) is 5.53. The van der Waals surface area contributed by atoms with E-state index in [2.05, 4.69) is 0 Å². The van der Waals surface area contributed by atoms with E-state index in [1.807, 2.05) is 0 Å². The molecule has 1 fully saturated rings. The molecule has 0 spiro atoms. The van der Waals surface area contributed by atoms with Crippen LogP contribution in [0.2, 0.25) is 0 Å². The Kier molecular flexibility index (Phi) is 4.82. The average Bonchev–Trinajstić information content (AvgIpc) is 2.99. The van der Waals surface area contributed by atoms with Crippen LogP contribution in [-0.2, 0) is 11.0 Å². The number of halogens is 3. The summed E-state index contributed by atoms with van der Waals surface area (Å²) in [5.74, 6) is -1.35. The number of nitro groups is 1. The Balaban J connectivity index is 2.25. The normalized spacial score (nSPS) is 15.6. The Morgan fingerprint density at radius 3 is 2.35 bits per heavy atom. The van der Waals surface area contributed by atoms with E-state index >= 15 is 0 Å². The molecule has 0 unspecified atom stereocenters. The van der Waals surface area contributed by atoms with Crippen molar-refractivity contribution in [2.75, 3.05) is 0 Å². The molecule has 2 rings (SSSR count). The Morgan fingerprint density at radius 2 is 1.83 bits per heavy atom. The second kappa shape index (κ2) is 6.47. The Labute approximate surface area is 129 Å². The molecule has 5 nitrogen and oxygen atoms in total. The lowest BCUT2D eigenvalue weighted by atomic mass is 9.95. The summed E-state index contributed by atoms with van der Waals surface area (Å²) in [5.41, 5.74) is -2.60. The molecule has 1 aromatic rings. The minimum atomic E-state index is -4.74. The highest BCUT2D eigenvalue weighted by Gasteiger charge is 2.34. The van der Waals surface area contributed by atoms with E-state index in [1.165, 1.54) is 0 Å². The van der Waals surface area contributed by atoms with Crippen LogP contribution in [0.4, 0.5) is 18.9 Å².